The summed E-state index contributed by atoms with van der Waals surface area (Å²) in [6.45, 7) is 5.67. The maximum atomic E-state index is 11.0. The number of nitrogens with one attached hydrogen (secondary N) is 1. The Hall–Kier alpha value is -2.19. The van der Waals surface area contributed by atoms with E-state index in [2.05, 4.69) is 46.5 Å². The number of aromatic nitrogens is 4. The van der Waals surface area contributed by atoms with Crippen LogP contribution in [-0.2, 0) is 10.5 Å². The van der Waals surface area contributed by atoms with E-state index >= 15 is 0 Å². The van der Waals surface area contributed by atoms with Crippen LogP contribution < -0.4 is 5.32 Å². The molecular weight excluding hydrogens is 342 g/mol. The predicted molar refractivity (Wildman–Crippen MR) is 96.8 cm³/mol. The molecule has 2 aromatic heterocycles. The molecule has 1 amide bonds. The highest BCUT2D eigenvalue weighted by molar-refractivity contribution is 8.00. The van der Waals surface area contributed by atoms with E-state index < -0.39 is 0 Å². The number of imidazole rings is 1. The molecule has 0 aliphatic rings. The molecule has 0 saturated carbocycles. The Balaban J connectivity index is 1.72. The molecule has 3 aromatic rings. The van der Waals surface area contributed by atoms with Gasteiger partial charge in [-0.05, 0) is 36.6 Å². The molecule has 124 valence electrons. The minimum Gasteiger partial charge on any atom is -0.306 e. The Bertz CT molecular complexity index is 857. The summed E-state index contributed by atoms with van der Waals surface area (Å²) in [6.07, 6.45) is 5.53. The number of hydrogen-bond donors (Lipinski definition) is 1. The first kappa shape index (κ1) is 16.7. The highest BCUT2D eigenvalue weighted by Gasteiger charge is 2.10. The van der Waals surface area contributed by atoms with Gasteiger partial charge in [0.05, 0.1) is 6.33 Å². The number of anilines is 1. The molecule has 0 aliphatic heterocycles. The van der Waals surface area contributed by atoms with E-state index in [1.165, 1.54) is 35.0 Å². The lowest BCUT2D eigenvalue weighted by molar-refractivity contribution is -0.114. The quantitative estimate of drug-likeness (QED) is 0.557. The van der Waals surface area contributed by atoms with Crippen LogP contribution in [0.25, 0.3) is 5.69 Å². The number of benzene rings is 1. The molecular formula is C16H17N5OS2. The summed E-state index contributed by atoms with van der Waals surface area (Å²) in [5, 5.41) is 11.2. The van der Waals surface area contributed by atoms with E-state index in [1.54, 1.807) is 24.3 Å². The summed E-state index contributed by atoms with van der Waals surface area (Å²) < 4.78 is 2.86. The minimum atomic E-state index is -0.135. The summed E-state index contributed by atoms with van der Waals surface area (Å²) in [7, 11) is 0. The standard InChI is InChI=1S/C16H17N5OS2/c1-10-7-14(21-5-4-17-9-21)11(2)6-13(10)8-23-16-20-19-15(24-16)18-12(3)22/h4-7,9H,8H2,1-3H3,(H,18,19,22). The molecule has 0 aliphatic carbocycles. The third kappa shape index (κ3) is 3.82. The van der Waals surface area contributed by atoms with Crippen LogP contribution in [0.15, 0.2) is 35.2 Å². The first-order chi connectivity index (χ1) is 11.5. The van der Waals surface area contributed by atoms with Crippen molar-refractivity contribution in [3.8, 4) is 5.69 Å². The number of carbonyl (C=O) groups is 1. The first-order valence-corrected chi connectivity index (χ1v) is 9.15. The van der Waals surface area contributed by atoms with Crippen molar-refractivity contribution < 1.29 is 4.79 Å². The van der Waals surface area contributed by atoms with Crippen molar-refractivity contribution in [2.24, 2.45) is 0 Å². The summed E-state index contributed by atoms with van der Waals surface area (Å²) >= 11 is 3.01. The normalized spacial score (nSPS) is 10.8. The van der Waals surface area contributed by atoms with Gasteiger partial charge in [0, 0.05) is 30.8 Å². The van der Waals surface area contributed by atoms with E-state index in [9.17, 15) is 4.79 Å². The molecule has 0 saturated heterocycles. The minimum absolute atomic E-state index is 0.135. The van der Waals surface area contributed by atoms with Gasteiger partial charge in [0.25, 0.3) is 0 Å². The number of amides is 1. The van der Waals surface area contributed by atoms with Gasteiger partial charge in [-0.3, -0.25) is 4.79 Å². The highest BCUT2D eigenvalue weighted by atomic mass is 32.2. The Kier molecular flexibility index (Phi) is 4.96. The van der Waals surface area contributed by atoms with Crippen LogP contribution in [0.4, 0.5) is 5.13 Å². The SMILES string of the molecule is CC(=O)Nc1nnc(SCc2cc(C)c(-n3ccnc3)cc2C)s1. The van der Waals surface area contributed by atoms with Gasteiger partial charge in [0.1, 0.15) is 0 Å². The zero-order valence-corrected chi connectivity index (χ0v) is 15.2. The summed E-state index contributed by atoms with van der Waals surface area (Å²) in [4.78, 5) is 15.1. The van der Waals surface area contributed by atoms with Crippen molar-refractivity contribution in [2.45, 2.75) is 30.9 Å². The fraction of sp³-hybridized carbons (Fsp3) is 0.250. The van der Waals surface area contributed by atoms with Crippen molar-refractivity contribution in [1.82, 2.24) is 19.7 Å². The maximum absolute atomic E-state index is 11.0. The Labute approximate surface area is 148 Å². The molecule has 0 spiro atoms. The van der Waals surface area contributed by atoms with Gasteiger partial charge in [0.2, 0.25) is 11.0 Å². The van der Waals surface area contributed by atoms with Gasteiger partial charge in [-0.1, -0.05) is 29.2 Å². The second kappa shape index (κ2) is 7.14. The topological polar surface area (TPSA) is 72.7 Å². The number of carbonyl (C=O) groups excluding carboxylic acids is 1. The fourth-order valence-corrected chi connectivity index (χ4v) is 4.17. The van der Waals surface area contributed by atoms with Gasteiger partial charge >= 0.3 is 0 Å². The van der Waals surface area contributed by atoms with Crippen LogP contribution in [0.1, 0.15) is 23.6 Å². The molecule has 3 rings (SSSR count). The predicted octanol–water partition coefficient (Wildman–Crippen LogP) is 3.59. The molecule has 1 aromatic carbocycles. The van der Waals surface area contributed by atoms with Crippen molar-refractivity contribution >= 4 is 34.1 Å². The molecule has 0 radical (unpaired) electrons. The molecule has 0 unspecified atom stereocenters. The smallest absolute Gasteiger partial charge is 0.223 e. The van der Waals surface area contributed by atoms with Crippen LogP contribution in [0, 0.1) is 13.8 Å². The lowest BCUT2D eigenvalue weighted by atomic mass is 10.0. The van der Waals surface area contributed by atoms with Gasteiger partial charge in [-0.15, -0.1) is 10.2 Å². The molecule has 1 N–H and O–H groups in total. The lowest BCUT2D eigenvalue weighted by Crippen LogP contribution is -2.04. The van der Waals surface area contributed by atoms with Gasteiger partial charge in [-0.2, -0.15) is 0 Å². The second-order valence-electron chi connectivity index (χ2n) is 5.38. The largest absolute Gasteiger partial charge is 0.306 e. The zero-order valence-electron chi connectivity index (χ0n) is 13.6. The third-order valence-electron chi connectivity index (χ3n) is 3.48. The van der Waals surface area contributed by atoms with E-state index in [0.29, 0.717) is 5.13 Å². The van der Waals surface area contributed by atoms with Gasteiger partial charge in [0.15, 0.2) is 4.34 Å². The van der Waals surface area contributed by atoms with E-state index in [1.807, 2.05) is 10.8 Å². The zero-order chi connectivity index (χ0) is 17.1. The van der Waals surface area contributed by atoms with Crippen molar-refractivity contribution in [3.05, 3.63) is 47.5 Å². The maximum Gasteiger partial charge on any atom is 0.223 e. The average Bonchev–Trinajstić information content (AvgIpc) is 3.19. The Morgan fingerprint density at radius 3 is 2.83 bits per heavy atom. The number of aryl methyl sites for hydroxylation is 2. The van der Waals surface area contributed by atoms with Crippen molar-refractivity contribution in [3.63, 3.8) is 0 Å². The molecule has 0 atom stereocenters. The van der Waals surface area contributed by atoms with Gasteiger partial charge in [-0.25, -0.2) is 4.98 Å². The van der Waals surface area contributed by atoms with Gasteiger partial charge < -0.3 is 9.88 Å². The van der Waals surface area contributed by atoms with Crippen molar-refractivity contribution in [2.75, 3.05) is 5.32 Å². The molecule has 24 heavy (non-hydrogen) atoms. The molecule has 8 heteroatoms. The monoisotopic (exact) mass is 359 g/mol. The number of rotatable bonds is 5. The fourth-order valence-electron chi connectivity index (χ4n) is 2.30. The number of hydrogen-bond acceptors (Lipinski definition) is 6. The van der Waals surface area contributed by atoms with Crippen molar-refractivity contribution in [1.29, 1.82) is 0 Å². The Morgan fingerprint density at radius 2 is 2.12 bits per heavy atom. The van der Waals surface area contributed by atoms with E-state index in [4.69, 9.17) is 0 Å². The number of nitrogens with zero attached hydrogens (tertiary/aromatic N) is 4. The summed E-state index contributed by atoms with van der Waals surface area (Å²) in [5.74, 6) is 0.676. The van der Waals surface area contributed by atoms with Crippen LogP contribution in [-0.4, -0.2) is 25.7 Å². The molecule has 2 heterocycles. The average molecular weight is 359 g/mol. The second-order valence-corrected chi connectivity index (χ2v) is 7.58. The summed E-state index contributed by atoms with van der Waals surface area (Å²) in [6, 6.07) is 4.38. The summed E-state index contributed by atoms with van der Waals surface area (Å²) in [5.41, 5.74) is 4.83. The molecule has 6 nitrogen and oxygen atoms in total. The van der Waals surface area contributed by atoms with Crippen LogP contribution in [0.3, 0.4) is 0 Å². The highest BCUT2D eigenvalue weighted by Crippen LogP contribution is 2.30. The van der Waals surface area contributed by atoms with E-state index in [0.717, 1.165) is 15.8 Å². The first-order valence-electron chi connectivity index (χ1n) is 7.35. The third-order valence-corrected chi connectivity index (χ3v) is 5.50. The lowest BCUT2D eigenvalue weighted by Gasteiger charge is -2.12. The Morgan fingerprint density at radius 1 is 1.29 bits per heavy atom. The van der Waals surface area contributed by atoms with Crippen LogP contribution in [0.5, 0.6) is 0 Å². The molecule has 0 fully saturated rings. The van der Waals surface area contributed by atoms with Crippen LogP contribution >= 0.6 is 23.1 Å². The molecule has 0 bridgehead atoms. The van der Waals surface area contributed by atoms with E-state index in [-0.39, 0.29) is 5.91 Å². The van der Waals surface area contributed by atoms with Crippen LogP contribution in [0.2, 0.25) is 0 Å². The number of thioether (sulfide) groups is 1.